The number of primary amides is 1. The molecule has 0 bridgehead atoms. The zero-order valence-corrected chi connectivity index (χ0v) is 15.4. The predicted molar refractivity (Wildman–Crippen MR) is 95.1 cm³/mol. The van der Waals surface area contributed by atoms with Crippen LogP contribution in [-0.4, -0.2) is 42.6 Å². The molecule has 0 aliphatic carbocycles. The zero-order valence-electron chi connectivity index (χ0n) is 13.7. The highest BCUT2D eigenvalue weighted by Crippen LogP contribution is 2.20. The highest BCUT2D eigenvalue weighted by atomic mass is 32.2. The standard InChI is InChI=1S/C15H18N4O4S2/c1-3-19(4-2)25(22,23)11-7-5-6-10(8-11)14(21)18-15-17-9-12(24-15)13(16)20/h5-9H,3-4H2,1-2H3,(H2,16,20)(H,17,18,21). The van der Waals surface area contributed by atoms with Gasteiger partial charge in [-0.25, -0.2) is 13.4 Å². The molecule has 2 rings (SSSR count). The number of carbonyl (C=O) groups excluding carboxylic acids is 2. The molecule has 134 valence electrons. The largest absolute Gasteiger partial charge is 0.365 e. The van der Waals surface area contributed by atoms with E-state index >= 15 is 0 Å². The molecule has 0 saturated heterocycles. The summed E-state index contributed by atoms with van der Waals surface area (Å²) in [7, 11) is -3.66. The van der Waals surface area contributed by atoms with Crippen molar-refractivity contribution >= 4 is 38.3 Å². The lowest BCUT2D eigenvalue weighted by molar-refractivity contribution is 0.100. The van der Waals surface area contributed by atoms with Gasteiger partial charge in [0.2, 0.25) is 10.0 Å². The number of thiazole rings is 1. The summed E-state index contributed by atoms with van der Waals surface area (Å²) >= 11 is 0.942. The molecule has 0 saturated carbocycles. The minimum absolute atomic E-state index is 0.0424. The lowest BCUT2D eigenvalue weighted by atomic mass is 10.2. The molecule has 0 aliphatic rings. The van der Waals surface area contributed by atoms with Crippen molar-refractivity contribution in [3.05, 3.63) is 40.9 Å². The van der Waals surface area contributed by atoms with Crippen LogP contribution in [-0.2, 0) is 10.0 Å². The van der Waals surface area contributed by atoms with Gasteiger partial charge in [-0.2, -0.15) is 4.31 Å². The molecule has 0 aliphatic heterocycles. The van der Waals surface area contributed by atoms with E-state index in [2.05, 4.69) is 10.3 Å². The van der Waals surface area contributed by atoms with E-state index in [-0.39, 0.29) is 20.5 Å². The fourth-order valence-corrected chi connectivity index (χ4v) is 4.29. The van der Waals surface area contributed by atoms with Crippen LogP contribution in [0.15, 0.2) is 35.4 Å². The Morgan fingerprint density at radius 1 is 1.28 bits per heavy atom. The van der Waals surface area contributed by atoms with E-state index in [1.54, 1.807) is 13.8 Å². The number of nitrogens with two attached hydrogens (primary N) is 1. The minimum Gasteiger partial charge on any atom is -0.365 e. The third-order valence-corrected chi connectivity index (χ3v) is 6.38. The van der Waals surface area contributed by atoms with Crippen molar-refractivity contribution < 1.29 is 18.0 Å². The van der Waals surface area contributed by atoms with E-state index < -0.39 is 21.8 Å². The van der Waals surface area contributed by atoms with Crippen molar-refractivity contribution in [1.29, 1.82) is 0 Å². The summed E-state index contributed by atoms with van der Waals surface area (Å²) in [5.74, 6) is -1.16. The molecule has 0 atom stereocenters. The van der Waals surface area contributed by atoms with E-state index in [4.69, 9.17) is 5.73 Å². The maximum Gasteiger partial charge on any atom is 0.260 e. The van der Waals surface area contributed by atoms with Crippen LogP contribution in [0, 0.1) is 0 Å². The highest BCUT2D eigenvalue weighted by Gasteiger charge is 2.22. The Morgan fingerprint density at radius 2 is 1.96 bits per heavy atom. The SMILES string of the molecule is CCN(CC)S(=O)(=O)c1cccc(C(=O)Nc2ncc(C(N)=O)s2)c1. The lowest BCUT2D eigenvalue weighted by Gasteiger charge is -2.18. The number of aromatic nitrogens is 1. The molecule has 1 aromatic heterocycles. The first-order valence-electron chi connectivity index (χ1n) is 7.46. The minimum atomic E-state index is -3.66. The predicted octanol–water partition coefficient (Wildman–Crippen LogP) is 1.52. The molecule has 3 N–H and O–H groups in total. The van der Waals surface area contributed by atoms with Crippen molar-refractivity contribution in [2.45, 2.75) is 18.7 Å². The van der Waals surface area contributed by atoms with Crippen LogP contribution < -0.4 is 11.1 Å². The fourth-order valence-electron chi connectivity index (χ4n) is 2.13. The van der Waals surface area contributed by atoms with E-state index in [1.165, 1.54) is 34.8 Å². The molecule has 0 radical (unpaired) electrons. The molecule has 10 heteroatoms. The second kappa shape index (κ2) is 7.72. The highest BCUT2D eigenvalue weighted by molar-refractivity contribution is 7.89. The van der Waals surface area contributed by atoms with Crippen LogP contribution in [0.3, 0.4) is 0 Å². The maximum absolute atomic E-state index is 12.5. The molecule has 1 heterocycles. The van der Waals surface area contributed by atoms with Crippen molar-refractivity contribution in [1.82, 2.24) is 9.29 Å². The number of amides is 2. The quantitative estimate of drug-likeness (QED) is 0.752. The topological polar surface area (TPSA) is 122 Å². The van der Waals surface area contributed by atoms with Gasteiger partial charge in [0, 0.05) is 18.7 Å². The van der Waals surface area contributed by atoms with Gasteiger partial charge in [-0.05, 0) is 18.2 Å². The molecule has 2 aromatic rings. The number of hydrogen-bond donors (Lipinski definition) is 2. The molecule has 0 spiro atoms. The zero-order chi connectivity index (χ0) is 18.6. The summed E-state index contributed by atoms with van der Waals surface area (Å²) in [6.45, 7) is 4.17. The van der Waals surface area contributed by atoms with Crippen molar-refractivity contribution in [3.63, 3.8) is 0 Å². The third-order valence-electron chi connectivity index (χ3n) is 3.41. The van der Waals surface area contributed by atoms with Crippen LogP contribution in [0.25, 0.3) is 0 Å². The van der Waals surface area contributed by atoms with Crippen LogP contribution in [0.4, 0.5) is 5.13 Å². The average Bonchev–Trinajstić information content (AvgIpc) is 3.04. The normalized spacial score (nSPS) is 11.5. The van der Waals surface area contributed by atoms with E-state index in [0.717, 1.165) is 11.3 Å². The van der Waals surface area contributed by atoms with Gasteiger partial charge in [0.05, 0.1) is 11.1 Å². The van der Waals surface area contributed by atoms with E-state index in [0.29, 0.717) is 13.1 Å². The Kier molecular flexibility index (Phi) is 5.88. The summed E-state index contributed by atoms with van der Waals surface area (Å²) in [5, 5.41) is 2.73. The molecular weight excluding hydrogens is 364 g/mol. The Bertz CT molecular complexity index is 888. The summed E-state index contributed by atoms with van der Waals surface area (Å²) in [4.78, 5) is 27.5. The summed E-state index contributed by atoms with van der Waals surface area (Å²) < 4.78 is 26.4. The number of hydrogen-bond acceptors (Lipinski definition) is 6. The van der Waals surface area contributed by atoms with Gasteiger partial charge in [0.15, 0.2) is 5.13 Å². The van der Waals surface area contributed by atoms with E-state index in [9.17, 15) is 18.0 Å². The molecule has 8 nitrogen and oxygen atoms in total. The van der Waals surface area contributed by atoms with Gasteiger partial charge >= 0.3 is 0 Å². The van der Waals surface area contributed by atoms with Gasteiger partial charge < -0.3 is 5.73 Å². The molecule has 0 unspecified atom stereocenters. The number of nitrogens with zero attached hydrogens (tertiary/aromatic N) is 2. The van der Waals surface area contributed by atoms with Gasteiger partial charge in [-0.15, -0.1) is 0 Å². The summed E-state index contributed by atoms with van der Waals surface area (Å²) in [6, 6.07) is 5.76. The van der Waals surface area contributed by atoms with Crippen molar-refractivity contribution in [2.24, 2.45) is 5.73 Å². The van der Waals surface area contributed by atoms with Crippen LogP contribution in [0.5, 0.6) is 0 Å². The molecular formula is C15H18N4O4S2. The Morgan fingerprint density at radius 3 is 2.52 bits per heavy atom. The monoisotopic (exact) mass is 382 g/mol. The number of carbonyl (C=O) groups is 2. The van der Waals surface area contributed by atoms with Gasteiger partial charge in [-0.3, -0.25) is 14.9 Å². The third kappa shape index (κ3) is 4.21. The molecule has 1 aromatic carbocycles. The number of rotatable bonds is 7. The number of benzene rings is 1. The molecule has 25 heavy (non-hydrogen) atoms. The second-order valence-electron chi connectivity index (χ2n) is 4.97. The van der Waals surface area contributed by atoms with Crippen molar-refractivity contribution in [2.75, 3.05) is 18.4 Å². The number of nitrogens with one attached hydrogen (secondary N) is 1. The second-order valence-corrected chi connectivity index (χ2v) is 7.93. The summed E-state index contributed by atoms with van der Waals surface area (Å²) in [6.07, 6.45) is 1.27. The van der Waals surface area contributed by atoms with Gasteiger partial charge in [0.1, 0.15) is 4.88 Å². The van der Waals surface area contributed by atoms with E-state index in [1.807, 2.05) is 0 Å². The molecule has 2 amide bonds. The van der Waals surface area contributed by atoms with Gasteiger partial charge in [-0.1, -0.05) is 31.3 Å². The summed E-state index contributed by atoms with van der Waals surface area (Å²) in [5.41, 5.74) is 5.31. The number of anilines is 1. The Labute approximate surface area is 149 Å². The van der Waals surface area contributed by atoms with Crippen LogP contribution in [0.1, 0.15) is 33.9 Å². The fraction of sp³-hybridized carbons (Fsp3) is 0.267. The van der Waals surface area contributed by atoms with Crippen molar-refractivity contribution in [3.8, 4) is 0 Å². The Balaban J connectivity index is 2.25. The lowest BCUT2D eigenvalue weighted by Crippen LogP contribution is -2.30. The maximum atomic E-state index is 12.5. The van der Waals surface area contributed by atoms with Crippen LogP contribution >= 0.6 is 11.3 Å². The molecule has 0 fully saturated rings. The number of sulfonamides is 1. The first-order valence-corrected chi connectivity index (χ1v) is 9.72. The van der Waals surface area contributed by atoms with Crippen LogP contribution in [0.2, 0.25) is 0 Å². The first kappa shape index (κ1) is 19.0. The van der Waals surface area contributed by atoms with Gasteiger partial charge in [0.25, 0.3) is 11.8 Å². The first-order chi connectivity index (χ1) is 11.8. The Hall–Kier alpha value is -2.30. The average molecular weight is 382 g/mol. The smallest absolute Gasteiger partial charge is 0.260 e.